The van der Waals surface area contributed by atoms with Crippen molar-refractivity contribution < 1.29 is 4.74 Å². The zero-order valence-corrected chi connectivity index (χ0v) is 13.5. The molecule has 5 rings (SSSR count). The fourth-order valence-electron chi connectivity index (χ4n) is 4.76. The number of rotatable bonds is 2. The molecule has 2 aliphatic rings. The molecule has 0 bridgehead atoms. The summed E-state index contributed by atoms with van der Waals surface area (Å²) in [5, 5.41) is 0. The summed E-state index contributed by atoms with van der Waals surface area (Å²) in [6.45, 7) is 0.824. The Labute approximate surface area is 142 Å². The molecule has 3 aromatic carbocycles. The van der Waals surface area contributed by atoms with Crippen LogP contribution in [-0.4, -0.2) is 6.61 Å². The van der Waals surface area contributed by atoms with E-state index in [2.05, 4.69) is 84.9 Å². The third-order valence-electron chi connectivity index (χ3n) is 5.77. The average molecular weight is 312 g/mol. The van der Waals surface area contributed by atoms with E-state index >= 15 is 0 Å². The van der Waals surface area contributed by atoms with Crippen molar-refractivity contribution in [1.82, 2.24) is 0 Å². The Morgan fingerprint density at radius 1 is 0.583 bits per heavy atom. The van der Waals surface area contributed by atoms with Crippen LogP contribution in [0.1, 0.15) is 34.4 Å². The highest BCUT2D eigenvalue weighted by Gasteiger charge is 2.54. The Bertz CT molecular complexity index is 840. The fraction of sp³-hybridized carbons (Fsp3) is 0.217. The second-order valence-corrected chi connectivity index (χ2v) is 6.91. The molecule has 0 saturated heterocycles. The van der Waals surface area contributed by atoms with E-state index in [0.717, 1.165) is 12.4 Å². The molecule has 0 spiro atoms. The predicted octanol–water partition coefficient (Wildman–Crippen LogP) is 5.36. The summed E-state index contributed by atoms with van der Waals surface area (Å²) in [6, 6.07) is 30.5. The minimum atomic E-state index is 0.531. The molecular weight excluding hydrogens is 292 g/mol. The molecular formula is C23H20O. The van der Waals surface area contributed by atoms with Crippen LogP contribution in [0.4, 0.5) is 0 Å². The summed E-state index contributed by atoms with van der Waals surface area (Å²) in [5.74, 6) is 3.26. The van der Waals surface area contributed by atoms with Crippen LogP contribution < -0.4 is 4.74 Å². The lowest BCUT2D eigenvalue weighted by Gasteiger charge is -2.55. The Morgan fingerprint density at radius 3 is 1.88 bits per heavy atom. The molecule has 1 saturated carbocycles. The highest BCUT2D eigenvalue weighted by molar-refractivity contribution is 5.48. The van der Waals surface area contributed by atoms with E-state index in [-0.39, 0.29) is 0 Å². The third-order valence-corrected chi connectivity index (χ3v) is 5.77. The molecule has 1 heterocycles. The number of benzene rings is 3. The summed E-state index contributed by atoms with van der Waals surface area (Å²) >= 11 is 0. The van der Waals surface area contributed by atoms with Gasteiger partial charge in [-0.05, 0) is 34.6 Å². The van der Waals surface area contributed by atoms with E-state index in [4.69, 9.17) is 4.74 Å². The lowest BCUT2D eigenvalue weighted by Crippen LogP contribution is -2.47. The van der Waals surface area contributed by atoms with Crippen LogP contribution >= 0.6 is 0 Å². The number of fused-ring (bicyclic) bond motifs is 3. The van der Waals surface area contributed by atoms with Crippen molar-refractivity contribution >= 4 is 0 Å². The maximum absolute atomic E-state index is 6.09. The van der Waals surface area contributed by atoms with E-state index in [1.54, 1.807) is 0 Å². The first kappa shape index (κ1) is 13.9. The Balaban J connectivity index is 1.63. The van der Waals surface area contributed by atoms with Crippen LogP contribution in [-0.2, 0) is 0 Å². The molecule has 1 aliphatic carbocycles. The summed E-state index contributed by atoms with van der Waals surface area (Å²) in [4.78, 5) is 0. The quantitative estimate of drug-likeness (QED) is 0.619. The highest BCUT2D eigenvalue weighted by Crippen LogP contribution is 2.64. The van der Waals surface area contributed by atoms with E-state index in [1.807, 2.05) is 0 Å². The molecule has 3 unspecified atom stereocenters. The van der Waals surface area contributed by atoms with Crippen molar-refractivity contribution in [2.24, 2.45) is 5.92 Å². The van der Waals surface area contributed by atoms with Crippen LogP contribution in [0.15, 0.2) is 84.9 Å². The average Bonchev–Trinajstić information content (AvgIpc) is 2.64. The first-order valence-electron chi connectivity index (χ1n) is 8.75. The van der Waals surface area contributed by atoms with Crippen LogP contribution in [0.5, 0.6) is 5.75 Å². The second-order valence-electron chi connectivity index (χ2n) is 6.91. The molecule has 3 aromatic rings. The van der Waals surface area contributed by atoms with Gasteiger partial charge in [0.2, 0.25) is 0 Å². The largest absolute Gasteiger partial charge is 0.493 e. The van der Waals surface area contributed by atoms with Crippen molar-refractivity contribution in [1.29, 1.82) is 0 Å². The van der Waals surface area contributed by atoms with Crippen LogP contribution in [0, 0.1) is 5.92 Å². The second kappa shape index (κ2) is 5.52. The highest BCUT2D eigenvalue weighted by atomic mass is 16.5. The number of ether oxygens (including phenoxy) is 1. The lowest BCUT2D eigenvalue weighted by atomic mass is 9.50. The molecule has 1 fully saturated rings. The smallest absolute Gasteiger partial charge is 0.122 e. The molecule has 0 radical (unpaired) electrons. The Hall–Kier alpha value is -2.54. The SMILES string of the molecule is c1ccc(C2C(c3ccccc3)[C@@H]3COc4ccccc4C23)cc1. The van der Waals surface area contributed by atoms with E-state index in [1.165, 1.54) is 16.7 Å². The van der Waals surface area contributed by atoms with Gasteiger partial charge in [0.25, 0.3) is 0 Å². The van der Waals surface area contributed by atoms with Crippen molar-refractivity contribution in [3.05, 3.63) is 102 Å². The van der Waals surface area contributed by atoms with Crippen LogP contribution in [0.3, 0.4) is 0 Å². The van der Waals surface area contributed by atoms with Gasteiger partial charge in [0.15, 0.2) is 0 Å². The van der Waals surface area contributed by atoms with Crippen molar-refractivity contribution in [2.75, 3.05) is 6.61 Å². The van der Waals surface area contributed by atoms with E-state index in [9.17, 15) is 0 Å². The van der Waals surface area contributed by atoms with Gasteiger partial charge in [-0.2, -0.15) is 0 Å². The normalized spacial score (nSPS) is 27.3. The standard InChI is InChI=1S/C23H20O/c1-3-9-16(10-4-1)21-19-15-24-20-14-8-7-13-18(20)23(19)22(21)17-11-5-2-6-12-17/h1-14,19,21-23H,15H2/t19-,21?,22?,23?/m0/s1. The van der Waals surface area contributed by atoms with Gasteiger partial charge in [-0.1, -0.05) is 78.9 Å². The van der Waals surface area contributed by atoms with Crippen molar-refractivity contribution in [3.63, 3.8) is 0 Å². The number of hydrogen-bond donors (Lipinski definition) is 0. The molecule has 0 aromatic heterocycles. The molecule has 0 amide bonds. The van der Waals surface area contributed by atoms with Gasteiger partial charge in [-0.3, -0.25) is 0 Å². The van der Waals surface area contributed by atoms with Crippen LogP contribution in [0.2, 0.25) is 0 Å². The van der Waals surface area contributed by atoms with E-state index in [0.29, 0.717) is 23.7 Å². The van der Waals surface area contributed by atoms with Gasteiger partial charge in [-0.15, -0.1) is 0 Å². The summed E-state index contributed by atoms with van der Waals surface area (Å²) < 4.78 is 6.09. The summed E-state index contributed by atoms with van der Waals surface area (Å²) in [7, 11) is 0. The monoisotopic (exact) mass is 312 g/mol. The molecule has 1 nitrogen and oxygen atoms in total. The Kier molecular flexibility index (Phi) is 3.19. The van der Waals surface area contributed by atoms with Crippen molar-refractivity contribution in [3.8, 4) is 5.75 Å². The lowest BCUT2D eigenvalue weighted by molar-refractivity contribution is 0.0669. The molecule has 1 heteroatoms. The minimum absolute atomic E-state index is 0.531. The number of hydrogen-bond acceptors (Lipinski definition) is 1. The number of para-hydroxylation sites is 1. The van der Waals surface area contributed by atoms with Gasteiger partial charge in [0.1, 0.15) is 5.75 Å². The maximum atomic E-state index is 6.09. The van der Waals surface area contributed by atoms with Gasteiger partial charge in [0, 0.05) is 11.8 Å². The summed E-state index contributed by atoms with van der Waals surface area (Å²) in [5.41, 5.74) is 4.27. The minimum Gasteiger partial charge on any atom is -0.493 e. The first-order chi connectivity index (χ1) is 11.9. The van der Waals surface area contributed by atoms with Gasteiger partial charge in [-0.25, -0.2) is 0 Å². The molecule has 118 valence electrons. The molecule has 4 atom stereocenters. The topological polar surface area (TPSA) is 9.23 Å². The summed E-state index contributed by atoms with van der Waals surface area (Å²) in [6.07, 6.45) is 0. The van der Waals surface area contributed by atoms with Crippen LogP contribution in [0.25, 0.3) is 0 Å². The molecule has 24 heavy (non-hydrogen) atoms. The van der Waals surface area contributed by atoms with Crippen molar-refractivity contribution in [2.45, 2.75) is 17.8 Å². The van der Waals surface area contributed by atoms with Gasteiger partial charge in [0.05, 0.1) is 6.61 Å². The predicted molar refractivity (Wildman–Crippen MR) is 96.5 cm³/mol. The van der Waals surface area contributed by atoms with Gasteiger partial charge < -0.3 is 4.74 Å². The fourth-order valence-corrected chi connectivity index (χ4v) is 4.76. The maximum Gasteiger partial charge on any atom is 0.122 e. The molecule has 0 N–H and O–H groups in total. The zero-order valence-electron chi connectivity index (χ0n) is 13.5. The zero-order chi connectivity index (χ0) is 15.9. The Morgan fingerprint density at radius 2 is 1.17 bits per heavy atom. The van der Waals surface area contributed by atoms with Gasteiger partial charge >= 0.3 is 0 Å². The van der Waals surface area contributed by atoms with E-state index < -0.39 is 0 Å². The third kappa shape index (κ3) is 2.01. The first-order valence-corrected chi connectivity index (χ1v) is 8.75. The molecule has 1 aliphatic heterocycles.